The molecular weight excluding hydrogens is 550 g/mol. The summed E-state index contributed by atoms with van der Waals surface area (Å²) in [4.78, 5) is 47.2. The number of carbonyl (C=O) groups excluding carboxylic acids is 3. The molecule has 0 spiro atoms. The summed E-state index contributed by atoms with van der Waals surface area (Å²) in [6, 6.07) is 16.4. The van der Waals surface area contributed by atoms with E-state index in [-0.39, 0.29) is 23.7 Å². The minimum Gasteiger partial charge on any atom is -0.493 e. The van der Waals surface area contributed by atoms with Crippen LogP contribution in [0.2, 0.25) is 0 Å². The van der Waals surface area contributed by atoms with Gasteiger partial charge in [0, 0.05) is 37.6 Å². The van der Waals surface area contributed by atoms with E-state index in [1.54, 1.807) is 11.1 Å². The number of hydrogen-bond donors (Lipinski definition) is 0. The number of ether oxygens (including phenoxy) is 4. The molecule has 1 aliphatic rings. The lowest BCUT2D eigenvalue weighted by Gasteiger charge is -2.27. The molecule has 10 heteroatoms. The number of methoxy groups -OCH3 is 3. The zero-order chi connectivity index (χ0) is 30.6. The summed E-state index contributed by atoms with van der Waals surface area (Å²) in [6.45, 7) is 1.44. The minimum absolute atomic E-state index is 0.0115. The molecule has 3 aromatic rings. The van der Waals surface area contributed by atoms with E-state index < -0.39 is 23.8 Å². The summed E-state index contributed by atoms with van der Waals surface area (Å²) < 4.78 is 21.8. The first kappa shape index (κ1) is 31.3. The van der Waals surface area contributed by atoms with Gasteiger partial charge in [-0.1, -0.05) is 36.4 Å². The van der Waals surface area contributed by atoms with E-state index in [1.165, 1.54) is 38.4 Å². The highest BCUT2D eigenvalue weighted by atomic mass is 16.6. The van der Waals surface area contributed by atoms with Gasteiger partial charge in [-0.3, -0.25) is 14.6 Å². The van der Waals surface area contributed by atoms with Crippen molar-refractivity contribution in [2.24, 2.45) is 0 Å². The second-order valence-corrected chi connectivity index (χ2v) is 10.3. The minimum atomic E-state index is -0.697. The van der Waals surface area contributed by atoms with Crippen LogP contribution in [-0.4, -0.2) is 86.2 Å². The van der Waals surface area contributed by atoms with E-state index in [2.05, 4.69) is 4.98 Å². The highest BCUT2D eigenvalue weighted by Crippen LogP contribution is 2.38. The summed E-state index contributed by atoms with van der Waals surface area (Å²) in [5.74, 6) is -0.465. The number of hydrogen-bond acceptors (Lipinski definition) is 8. The molecule has 0 bridgehead atoms. The van der Waals surface area contributed by atoms with E-state index in [9.17, 15) is 14.4 Å². The summed E-state index contributed by atoms with van der Waals surface area (Å²) in [7, 11) is 4.35. The Morgan fingerprint density at radius 3 is 2.28 bits per heavy atom. The van der Waals surface area contributed by atoms with Crippen LogP contribution in [-0.2, 0) is 22.4 Å². The molecule has 43 heavy (non-hydrogen) atoms. The summed E-state index contributed by atoms with van der Waals surface area (Å²) >= 11 is 0. The lowest BCUT2D eigenvalue weighted by atomic mass is 10.1. The van der Waals surface area contributed by atoms with Crippen molar-refractivity contribution in [1.82, 2.24) is 14.8 Å². The molecule has 1 aromatic heterocycles. The van der Waals surface area contributed by atoms with E-state index in [4.69, 9.17) is 18.9 Å². The number of Topliss-reactive ketones (excluding diaryl/α,β-unsaturated/α-hetero) is 1. The molecule has 1 fully saturated rings. The van der Waals surface area contributed by atoms with Gasteiger partial charge in [-0.15, -0.1) is 0 Å². The lowest BCUT2D eigenvalue weighted by molar-refractivity contribution is -0.128. The summed E-state index contributed by atoms with van der Waals surface area (Å²) in [5, 5.41) is 0. The Labute approximate surface area is 252 Å². The number of rotatable bonds is 14. The number of carbonyl (C=O) groups is 3. The van der Waals surface area contributed by atoms with Crippen LogP contribution >= 0.6 is 0 Å². The van der Waals surface area contributed by atoms with Crippen molar-refractivity contribution >= 4 is 17.8 Å². The van der Waals surface area contributed by atoms with Gasteiger partial charge in [0.25, 0.3) is 11.7 Å². The van der Waals surface area contributed by atoms with Gasteiger partial charge in [-0.05, 0) is 61.4 Å². The van der Waals surface area contributed by atoms with E-state index in [1.807, 2.05) is 48.7 Å². The number of aryl methyl sites for hydroxylation is 1. The Morgan fingerprint density at radius 1 is 0.907 bits per heavy atom. The van der Waals surface area contributed by atoms with E-state index in [0.29, 0.717) is 44.6 Å². The smallest absolute Gasteiger partial charge is 0.409 e. The zero-order valence-electron chi connectivity index (χ0n) is 25.0. The molecule has 4 rings (SSSR count). The average molecular weight is 590 g/mol. The monoisotopic (exact) mass is 589 g/mol. The van der Waals surface area contributed by atoms with Crippen LogP contribution in [0.4, 0.5) is 4.79 Å². The summed E-state index contributed by atoms with van der Waals surface area (Å²) in [5.41, 5.74) is 2.36. The maximum atomic E-state index is 13.3. The van der Waals surface area contributed by atoms with Crippen LogP contribution in [0.1, 0.15) is 40.7 Å². The van der Waals surface area contributed by atoms with Crippen molar-refractivity contribution in [1.29, 1.82) is 0 Å². The van der Waals surface area contributed by atoms with Crippen molar-refractivity contribution in [3.8, 4) is 17.2 Å². The average Bonchev–Trinajstić information content (AvgIpc) is 3.53. The highest BCUT2D eigenvalue weighted by Gasteiger charge is 2.35. The van der Waals surface area contributed by atoms with E-state index >= 15 is 0 Å². The lowest BCUT2D eigenvalue weighted by Crippen LogP contribution is -2.43. The number of nitrogens with zero attached hydrogens (tertiary/aromatic N) is 3. The molecule has 1 saturated heterocycles. The Balaban J connectivity index is 1.39. The van der Waals surface area contributed by atoms with Gasteiger partial charge in [0.2, 0.25) is 5.75 Å². The number of aromatic nitrogens is 1. The van der Waals surface area contributed by atoms with Crippen molar-refractivity contribution in [3.05, 3.63) is 83.7 Å². The fourth-order valence-corrected chi connectivity index (χ4v) is 5.22. The van der Waals surface area contributed by atoms with Crippen LogP contribution in [0.25, 0.3) is 0 Å². The third-order valence-corrected chi connectivity index (χ3v) is 7.55. The maximum Gasteiger partial charge on any atom is 0.409 e. The molecule has 2 aromatic carbocycles. The topological polar surface area (TPSA) is 108 Å². The zero-order valence-corrected chi connectivity index (χ0v) is 25.0. The highest BCUT2D eigenvalue weighted by molar-refractivity contribution is 6.43. The number of pyridine rings is 1. The van der Waals surface area contributed by atoms with Gasteiger partial charge in [0.1, 0.15) is 6.61 Å². The number of amides is 2. The number of likely N-dealkylation sites (tertiary alicyclic amines) is 1. The fraction of sp³-hybridized carbons (Fsp3) is 0.394. The molecule has 10 nitrogen and oxygen atoms in total. The van der Waals surface area contributed by atoms with Crippen LogP contribution in [0.5, 0.6) is 17.2 Å². The quantitative estimate of drug-likeness (QED) is 0.198. The van der Waals surface area contributed by atoms with Gasteiger partial charge in [0.05, 0.1) is 27.4 Å². The molecule has 0 aliphatic carbocycles. The largest absolute Gasteiger partial charge is 0.493 e. The molecular formula is C33H39N3O7. The first-order chi connectivity index (χ1) is 20.9. The number of benzene rings is 2. The third-order valence-electron chi connectivity index (χ3n) is 7.55. The molecule has 2 amide bonds. The van der Waals surface area contributed by atoms with Gasteiger partial charge in [-0.2, -0.15) is 0 Å². The van der Waals surface area contributed by atoms with Crippen LogP contribution in [0.15, 0.2) is 67.0 Å². The van der Waals surface area contributed by atoms with Crippen LogP contribution in [0.3, 0.4) is 0 Å². The molecule has 2 heterocycles. The molecule has 0 unspecified atom stereocenters. The normalized spacial score (nSPS) is 14.2. The number of ketones is 1. The van der Waals surface area contributed by atoms with Gasteiger partial charge < -0.3 is 28.7 Å². The maximum absolute atomic E-state index is 13.3. The van der Waals surface area contributed by atoms with E-state index in [0.717, 1.165) is 24.0 Å². The standard InChI is InChI=1S/C33H39N3O7/c1-40-28-20-26(21-29(41-2)31(28)42-3)30(37)32(38)36-18-9-14-27(36)23-43-33(39)35(19-15-24-10-5-4-6-11-24)17-8-13-25-12-7-16-34-22-25/h4-7,10-12,16,20-22,27H,8-9,13-15,17-19,23H2,1-3H3/t27-/m0/s1. The van der Waals surface area contributed by atoms with Gasteiger partial charge in [-0.25, -0.2) is 4.79 Å². The Morgan fingerprint density at radius 2 is 1.63 bits per heavy atom. The summed E-state index contributed by atoms with van der Waals surface area (Å²) in [6.07, 6.45) is 6.72. The second-order valence-electron chi connectivity index (χ2n) is 10.3. The van der Waals surface area contributed by atoms with Crippen molar-refractivity contribution < 1.29 is 33.3 Å². The fourth-order valence-electron chi connectivity index (χ4n) is 5.22. The Bertz CT molecular complexity index is 1340. The molecule has 0 N–H and O–H groups in total. The Kier molecular flexibility index (Phi) is 11.4. The molecule has 0 radical (unpaired) electrons. The van der Waals surface area contributed by atoms with Gasteiger partial charge in [0.15, 0.2) is 11.5 Å². The molecule has 228 valence electrons. The van der Waals surface area contributed by atoms with Gasteiger partial charge >= 0.3 is 6.09 Å². The SMILES string of the molecule is COc1cc(C(=O)C(=O)N2CCC[C@H]2COC(=O)N(CCCc2cccnc2)CCc2ccccc2)cc(OC)c1OC. The second kappa shape index (κ2) is 15.6. The first-order valence-corrected chi connectivity index (χ1v) is 14.4. The van der Waals surface area contributed by atoms with Crippen molar-refractivity contribution in [2.75, 3.05) is 47.6 Å². The Hall–Kier alpha value is -4.60. The van der Waals surface area contributed by atoms with Crippen LogP contribution in [0, 0.1) is 0 Å². The molecule has 1 atom stereocenters. The molecule has 1 aliphatic heterocycles. The van der Waals surface area contributed by atoms with Crippen LogP contribution < -0.4 is 14.2 Å². The van der Waals surface area contributed by atoms with Crippen molar-refractivity contribution in [3.63, 3.8) is 0 Å². The first-order valence-electron chi connectivity index (χ1n) is 14.4. The predicted molar refractivity (Wildman–Crippen MR) is 161 cm³/mol. The molecule has 0 saturated carbocycles. The third kappa shape index (κ3) is 8.24. The predicted octanol–water partition coefficient (Wildman–Crippen LogP) is 4.60. The van der Waals surface area contributed by atoms with Crippen molar-refractivity contribution in [2.45, 2.75) is 38.1 Å².